The van der Waals surface area contributed by atoms with Gasteiger partial charge in [0.15, 0.2) is 9.84 Å². The maximum atomic E-state index is 12.5. The summed E-state index contributed by atoms with van der Waals surface area (Å²) in [5.41, 5.74) is 0. The van der Waals surface area contributed by atoms with Gasteiger partial charge in [-0.15, -0.1) is 0 Å². The zero-order valence-electron chi connectivity index (χ0n) is 14.9. The summed E-state index contributed by atoms with van der Waals surface area (Å²) in [4.78, 5) is 18.6. The summed E-state index contributed by atoms with van der Waals surface area (Å²) < 4.78 is 60.5. The molecule has 14 heteroatoms. The fourth-order valence-corrected chi connectivity index (χ4v) is 5.64. The topological polar surface area (TPSA) is 154 Å². The molecular weight excluding hydrogens is 432 g/mol. The Bertz CT molecular complexity index is 1070. The minimum Gasteiger partial charge on any atom is -0.481 e. The summed E-state index contributed by atoms with van der Waals surface area (Å²) in [6.45, 7) is 0. The standard InChI is InChI=1S/C14H16N4O7S3/c1-24-10-7-11(25-2)16-13(15-10)17-14(19)18-28(22,23)9-6-4-5-8(26)12(9)27(3,20)21/h4,6-7H,5H2,1-3H3,(H2,15,16,17,18,19). The number of ether oxygens (including phenoxy) is 2. The van der Waals surface area contributed by atoms with Gasteiger partial charge in [0, 0.05) is 17.5 Å². The lowest BCUT2D eigenvalue weighted by Crippen LogP contribution is -2.37. The van der Waals surface area contributed by atoms with Crippen LogP contribution in [0.15, 0.2) is 28.0 Å². The summed E-state index contributed by atoms with van der Waals surface area (Å²) in [6, 6.07) is 0.122. The molecule has 28 heavy (non-hydrogen) atoms. The van der Waals surface area contributed by atoms with Crippen molar-refractivity contribution in [2.24, 2.45) is 0 Å². The van der Waals surface area contributed by atoms with E-state index < -0.39 is 35.7 Å². The summed E-state index contributed by atoms with van der Waals surface area (Å²) in [7, 11) is -5.84. The normalized spacial score (nSPS) is 14.6. The number of hydrogen-bond acceptors (Lipinski definition) is 10. The van der Waals surface area contributed by atoms with E-state index in [1.165, 1.54) is 26.4 Å². The van der Waals surface area contributed by atoms with Gasteiger partial charge in [0.1, 0.15) is 9.81 Å². The predicted octanol–water partition coefficient (Wildman–Crippen LogP) is 0.531. The summed E-state index contributed by atoms with van der Waals surface area (Å²) in [5.74, 6) is -0.170. The average Bonchev–Trinajstić information content (AvgIpc) is 2.59. The van der Waals surface area contributed by atoms with E-state index in [2.05, 4.69) is 15.3 Å². The van der Waals surface area contributed by atoms with Crippen LogP contribution < -0.4 is 19.5 Å². The van der Waals surface area contributed by atoms with E-state index in [1.54, 1.807) is 4.72 Å². The van der Waals surface area contributed by atoms with Gasteiger partial charge in [-0.1, -0.05) is 18.3 Å². The number of amides is 2. The number of urea groups is 1. The molecule has 1 aliphatic carbocycles. The van der Waals surface area contributed by atoms with Crippen LogP contribution in [0.4, 0.5) is 10.7 Å². The zero-order valence-corrected chi connectivity index (χ0v) is 17.4. The molecule has 2 N–H and O–H groups in total. The lowest BCUT2D eigenvalue weighted by atomic mass is 10.2. The number of carbonyl (C=O) groups excluding carboxylic acids is 1. The molecule has 0 aromatic carbocycles. The first-order valence-corrected chi connectivity index (χ1v) is 11.2. The lowest BCUT2D eigenvalue weighted by Gasteiger charge is -2.16. The van der Waals surface area contributed by atoms with Gasteiger partial charge in [-0.2, -0.15) is 9.97 Å². The molecule has 1 aromatic rings. The van der Waals surface area contributed by atoms with Crippen molar-refractivity contribution < 1.29 is 31.1 Å². The van der Waals surface area contributed by atoms with Crippen molar-refractivity contribution in [3.05, 3.63) is 28.0 Å². The predicted molar refractivity (Wildman–Crippen MR) is 104 cm³/mol. The first-order valence-electron chi connectivity index (χ1n) is 7.43. The largest absolute Gasteiger partial charge is 0.481 e. The first-order chi connectivity index (χ1) is 13.0. The molecule has 0 spiro atoms. The molecule has 2 amide bonds. The van der Waals surface area contributed by atoms with Gasteiger partial charge < -0.3 is 9.47 Å². The molecule has 0 aliphatic heterocycles. The molecule has 0 radical (unpaired) electrons. The van der Waals surface area contributed by atoms with E-state index in [-0.39, 0.29) is 29.0 Å². The van der Waals surface area contributed by atoms with Crippen molar-refractivity contribution in [2.45, 2.75) is 6.42 Å². The Morgan fingerprint density at radius 2 is 1.71 bits per heavy atom. The molecule has 0 fully saturated rings. The fraction of sp³-hybridized carbons (Fsp3) is 0.286. The number of aromatic nitrogens is 2. The van der Waals surface area contributed by atoms with Crippen molar-refractivity contribution in [1.82, 2.24) is 14.7 Å². The molecule has 1 aliphatic rings. The summed E-state index contributed by atoms with van der Waals surface area (Å²) >= 11 is 4.97. The molecule has 0 saturated carbocycles. The molecule has 0 atom stereocenters. The quantitative estimate of drug-likeness (QED) is 0.589. The van der Waals surface area contributed by atoms with E-state index in [0.29, 0.717) is 0 Å². The van der Waals surface area contributed by atoms with Crippen LogP contribution in [-0.4, -0.2) is 58.2 Å². The van der Waals surface area contributed by atoms with Crippen molar-refractivity contribution >= 4 is 48.9 Å². The highest BCUT2D eigenvalue weighted by molar-refractivity contribution is 8.00. The van der Waals surface area contributed by atoms with Gasteiger partial charge in [0.2, 0.25) is 17.7 Å². The number of allylic oxidation sites excluding steroid dienone is 3. The van der Waals surface area contributed by atoms with Gasteiger partial charge in [-0.25, -0.2) is 26.4 Å². The summed E-state index contributed by atoms with van der Waals surface area (Å²) in [6.07, 6.45) is 3.40. The van der Waals surface area contributed by atoms with E-state index in [9.17, 15) is 21.6 Å². The number of sulfone groups is 1. The van der Waals surface area contributed by atoms with Gasteiger partial charge >= 0.3 is 6.03 Å². The maximum absolute atomic E-state index is 12.5. The van der Waals surface area contributed by atoms with E-state index >= 15 is 0 Å². The summed E-state index contributed by atoms with van der Waals surface area (Å²) in [5, 5.41) is 2.11. The van der Waals surface area contributed by atoms with Crippen LogP contribution in [0.5, 0.6) is 11.8 Å². The number of anilines is 1. The molecule has 0 unspecified atom stereocenters. The minimum absolute atomic E-state index is 0.0626. The van der Waals surface area contributed by atoms with Crippen LogP contribution in [0.3, 0.4) is 0 Å². The highest BCUT2D eigenvalue weighted by Gasteiger charge is 2.31. The van der Waals surface area contributed by atoms with Crippen LogP contribution in [0, 0.1) is 0 Å². The van der Waals surface area contributed by atoms with Gasteiger partial charge in [-0.05, 0) is 6.08 Å². The van der Waals surface area contributed by atoms with Crippen molar-refractivity contribution in [2.75, 3.05) is 25.8 Å². The smallest absolute Gasteiger partial charge is 0.335 e. The monoisotopic (exact) mass is 448 g/mol. The lowest BCUT2D eigenvalue weighted by molar-refractivity contribution is 0.256. The Labute approximate surface area is 166 Å². The number of nitrogens with one attached hydrogen (secondary N) is 2. The SMILES string of the molecule is COc1cc(OC)nc(NC(=O)NS(=O)(=O)C2=C(S(C)(=O)=O)C(=S)CC=C2)n1. The van der Waals surface area contributed by atoms with Crippen LogP contribution in [0.2, 0.25) is 0 Å². The molecular formula is C14H16N4O7S3. The van der Waals surface area contributed by atoms with Crippen LogP contribution in [0.1, 0.15) is 6.42 Å². The van der Waals surface area contributed by atoms with E-state index in [0.717, 1.165) is 12.3 Å². The Morgan fingerprint density at radius 1 is 1.14 bits per heavy atom. The van der Waals surface area contributed by atoms with Crippen LogP contribution in [0.25, 0.3) is 0 Å². The number of sulfonamides is 1. The number of hydrogen-bond donors (Lipinski definition) is 2. The second-order valence-electron chi connectivity index (χ2n) is 5.33. The third kappa shape index (κ3) is 5.02. The number of carbonyl (C=O) groups is 1. The zero-order chi connectivity index (χ0) is 21.1. The van der Waals surface area contributed by atoms with Crippen molar-refractivity contribution in [1.29, 1.82) is 0 Å². The van der Waals surface area contributed by atoms with Crippen molar-refractivity contribution in [3.63, 3.8) is 0 Å². The second-order valence-corrected chi connectivity index (χ2v) is 9.43. The van der Waals surface area contributed by atoms with Gasteiger partial charge in [-0.3, -0.25) is 5.32 Å². The maximum Gasteiger partial charge on any atom is 0.335 e. The van der Waals surface area contributed by atoms with E-state index in [1.807, 2.05) is 0 Å². The molecule has 1 heterocycles. The van der Waals surface area contributed by atoms with Gasteiger partial charge in [0.05, 0.1) is 20.3 Å². The Hall–Kier alpha value is -2.58. The van der Waals surface area contributed by atoms with Gasteiger partial charge in [0.25, 0.3) is 10.0 Å². The molecule has 11 nitrogen and oxygen atoms in total. The first kappa shape index (κ1) is 21.7. The number of thiocarbonyl (C=S) groups is 1. The number of methoxy groups -OCH3 is 2. The van der Waals surface area contributed by atoms with Crippen molar-refractivity contribution in [3.8, 4) is 11.8 Å². The van der Waals surface area contributed by atoms with Crippen LogP contribution >= 0.6 is 12.2 Å². The number of rotatable bonds is 6. The van der Waals surface area contributed by atoms with E-state index in [4.69, 9.17) is 21.7 Å². The third-order valence-corrected chi connectivity index (χ3v) is 6.47. The Balaban J connectivity index is 2.33. The molecule has 2 rings (SSSR count). The molecule has 0 saturated heterocycles. The minimum atomic E-state index is -4.55. The van der Waals surface area contributed by atoms with Crippen LogP contribution in [-0.2, 0) is 19.9 Å². The Kier molecular flexibility index (Phi) is 6.36. The highest BCUT2D eigenvalue weighted by atomic mass is 32.2. The molecule has 0 bridgehead atoms. The number of nitrogens with zero attached hydrogens (tertiary/aromatic N) is 2. The Morgan fingerprint density at radius 3 is 2.21 bits per heavy atom. The highest BCUT2D eigenvalue weighted by Crippen LogP contribution is 2.25. The average molecular weight is 449 g/mol. The molecule has 1 aromatic heterocycles. The fourth-order valence-electron chi connectivity index (χ4n) is 2.15. The third-order valence-electron chi connectivity index (χ3n) is 3.26. The molecule has 152 valence electrons. The second kappa shape index (κ2) is 8.20.